The number of rotatable bonds is 3. The van der Waals surface area contributed by atoms with Gasteiger partial charge in [-0.2, -0.15) is 12.7 Å². The van der Waals surface area contributed by atoms with Gasteiger partial charge in [0, 0.05) is 11.3 Å². The molecular weight excluding hydrogens is 316 g/mol. The number of amides is 1. The molecule has 0 aliphatic rings. The number of nitrogen functional groups attached to an aromatic ring is 1. The standard InChI is InChI=1S/C13H11ClN2O4S/c14-11-7-6-10(15)8-12(11)16(21(18,19)20)13(17)9-4-2-1-3-5-9/h1-8H,15H2,(H,18,19,20). The topological polar surface area (TPSA) is 101 Å². The SMILES string of the molecule is Nc1ccc(Cl)c(N(C(=O)c2ccccc2)S(=O)(=O)O)c1. The van der Waals surface area contributed by atoms with Crippen molar-refractivity contribution in [1.82, 2.24) is 0 Å². The molecule has 0 fully saturated rings. The molecule has 8 heteroatoms. The Morgan fingerprint density at radius 2 is 1.76 bits per heavy atom. The van der Waals surface area contributed by atoms with Crippen LogP contribution in [0.25, 0.3) is 0 Å². The molecule has 0 saturated heterocycles. The first kappa shape index (κ1) is 15.3. The van der Waals surface area contributed by atoms with Gasteiger partial charge in [-0.25, -0.2) is 0 Å². The van der Waals surface area contributed by atoms with Crippen molar-refractivity contribution in [3.8, 4) is 0 Å². The van der Waals surface area contributed by atoms with Crippen molar-refractivity contribution in [1.29, 1.82) is 0 Å². The van der Waals surface area contributed by atoms with E-state index in [4.69, 9.17) is 17.3 Å². The number of carbonyl (C=O) groups excluding carboxylic acids is 1. The number of carbonyl (C=O) groups is 1. The molecule has 0 saturated carbocycles. The van der Waals surface area contributed by atoms with Crippen LogP contribution in [0.2, 0.25) is 5.02 Å². The molecule has 110 valence electrons. The van der Waals surface area contributed by atoms with Crippen molar-refractivity contribution < 1.29 is 17.8 Å². The second-order valence-corrected chi connectivity index (χ2v) is 5.79. The number of hydrogen-bond donors (Lipinski definition) is 2. The van der Waals surface area contributed by atoms with E-state index in [0.29, 0.717) is 0 Å². The Kier molecular flexibility index (Phi) is 4.17. The zero-order chi connectivity index (χ0) is 15.6. The van der Waals surface area contributed by atoms with Crippen LogP contribution in [0.4, 0.5) is 11.4 Å². The number of halogens is 1. The molecule has 2 aromatic rings. The van der Waals surface area contributed by atoms with Crippen LogP contribution in [0.15, 0.2) is 48.5 Å². The van der Waals surface area contributed by atoms with Gasteiger partial charge in [0.05, 0.1) is 10.7 Å². The summed E-state index contributed by atoms with van der Waals surface area (Å²) in [7, 11) is -4.86. The van der Waals surface area contributed by atoms with Gasteiger partial charge in [0.1, 0.15) is 0 Å². The average molecular weight is 327 g/mol. The van der Waals surface area contributed by atoms with Gasteiger partial charge in [-0.1, -0.05) is 29.8 Å². The molecule has 6 nitrogen and oxygen atoms in total. The van der Waals surface area contributed by atoms with E-state index in [2.05, 4.69) is 0 Å². The molecule has 1 amide bonds. The number of nitrogens with zero attached hydrogens (tertiary/aromatic N) is 1. The van der Waals surface area contributed by atoms with Crippen molar-refractivity contribution in [3.05, 3.63) is 59.1 Å². The fraction of sp³-hybridized carbons (Fsp3) is 0. The van der Waals surface area contributed by atoms with Crippen LogP contribution in [0.1, 0.15) is 10.4 Å². The monoisotopic (exact) mass is 326 g/mol. The summed E-state index contributed by atoms with van der Waals surface area (Å²) in [4.78, 5) is 12.3. The van der Waals surface area contributed by atoms with E-state index >= 15 is 0 Å². The molecule has 0 radical (unpaired) electrons. The molecule has 3 N–H and O–H groups in total. The highest BCUT2D eigenvalue weighted by atomic mass is 35.5. The third kappa shape index (κ3) is 3.33. The Hall–Kier alpha value is -2.09. The van der Waals surface area contributed by atoms with Gasteiger partial charge in [0.25, 0.3) is 5.91 Å². The Bertz CT molecular complexity index is 778. The highest BCUT2D eigenvalue weighted by molar-refractivity contribution is 7.88. The quantitative estimate of drug-likeness (QED) is 0.666. The van der Waals surface area contributed by atoms with Crippen molar-refractivity contribution in [2.24, 2.45) is 0 Å². The Labute approximate surface area is 126 Å². The van der Waals surface area contributed by atoms with Crippen molar-refractivity contribution in [2.45, 2.75) is 0 Å². The minimum absolute atomic E-state index is 0.0360. The van der Waals surface area contributed by atoms with E-state index in [1.165, 1.54) is 30.3 Å². The minimum atomic E-state index is -4.86. The summed E-state index contributed by atoms with van der Waals surface area (Å²) in [5.74, 6) is -0.939. The van der Waals surface area contributed by atoms with Crippen LogP contribution in [0.3, 0.4) is 0 Å². The van der Waals surface area contributed by atoms with Crippen molar-refractivity contribution in [3.63, 3.8) is 0 Å². The van der Waals surface area contributed by atoms with Gasteiger partial charge in [0.15, 0.2) is 0 Å². The maximum atomic E-state index is 12.3. The summed E-state index contributed by atoms with van der Waals surface area (Å²) in [6.07, 6.45) is 0. The lowest BCUT2D eigenvalue weighted by atomic mass is 10.2. The van der Waals surface area contributed by atoms with E-state index in [1.807, 2.05) is 0 Å². The van der Waals surface area contributed by atoms with Gasteiger partial charge >= 0.3 is 10.3 Å². The molecule has 0 bridgehead atoms. The lowest BCUT2D eigenvalue weighted by Gasteiger charge is -2.20. The molecule has 0 unspecified atom stereocenters. The van der Waals surface area contributed by atoms with Crippen molar-refractivity contribution >= 4 is 39.2 Å². The Morgan fingerprint density at radius 3 is 2.33 bits per heavy atom. The summed E-state index contributed by atoms with van der Waals surface area (Å²) in [6.45, 7) is 0. The molecule has 0 aliphatic carbocycles. The molecule has 0 heterocycles. The maximum absolute atomic E-state index is 12.3. The first-order valence-electron chi connectivity index (χ1n) is 5.73. The highest BCUT2D eigenvalue weighted by Gasteiger charge is 2.30. The molecule has 21 heavy (non-hydrogen) atoms. The normalized spacial score (nSPS) is 11.1. The molecule has 0 spiro atoms. The lowest BCUT2D eigenvalue weighted by molar-refractivity contribution is 0.100. The third-order valence-electron chi connectivity index (χ3n) is 2.62. The van der Waals surface area contributed by atoms with Crippen LogP contribution >= 0.6 is 11.6 Å². The molecule has 2 aromatic carbocycles. The highest BCUT2D eigenvalue weighted by Crippen LogP contribution is 2.30. The Balaban J connectivity index is 2.61. The van der Waals surface area contributed by atoms with Crippen LogP contribution in [0, 0.1) is 0 Å². The molecule has 0 aromatic heterocycles. The molecule has 0 atom stereocenters. The van der Waals surface area contributed by atoms with Crippen LogP contribution in [0.5, 0.6) is 0 Å². The largest absolute Gasteiger partial charge is 0.399 e. The zero-order valence-electron chi connectivity index (χ0n) is 10.6. The summed E-state index contributed by atoms with van der Waals surface area (Å²) in [6, 6.07) is 11.6. The van der Waals surface area contributed by atoms with Gasteiger partial charge in [-0.3, -0.25) is 9.35 Å². The van der Waals surface area contributed by atoms with Crippen LogP contribution in [-0.2, 0) is 10.3 Å². The summed E-state index contributed by atoms with van der Waals surface area (Å²) >= 11 is 5.90. The Morgan fingerprint density at radius 1 is 1.14 bits per heavy atom. The first-order chi connectivity index (χ1) is 9.80. The minimum Gasteiger partial charge on any atom is -0.399 e. The summed E-state index contributed by atoms with van der Waals surface area (Å²) in [5, 5.41) is -0.0360. The number of hydrogen-bond acceptors (Lipinski definition) is 4. The maximum Gasteiger partial charge on any atom is 0.366 e. The third-order valence-corrected chi connectivity index (χ3v) is 3.77. The average Bonchev–Trinajstić information content (AvgIpc) is 2.42. The van der Waals surface area contributed by atoms with Crippen LogP contribution in [-0.4, -0.2) is 18.9 Å². The van der Waals surface area contributed by atoms with E-state index < -0.39 is 16.2 Å². The van der Waals surface area contributed by atoms with Gasteiger partial charge in [-0.15, -0.1) is 0 Å². The van der Waals surface area contributed by atoms with E-state index in [1.54, 1.807) is 18.2 Å². The number of benzene rings is 2. The van der Waals surface area contributed by atoms with Gasteiger partial charge in [-0.05, 0) is 30.3 Å². The predicted octanol–water partition coefficient (Wildman–Crippen LogP) is 2.37. The van der Waals surface area contributed by atoms with Crippen molar-refractivity contribution in [2.75, 3.05) is 10.0 Å². The molecular formula is C13H11ClN2O4S. The van der Waals surface area contributed by atoms with E-state index in [9.17, 15) is 17.8 Å². The van der Waals surface area contributed by atoms with Crippen LogP contribution < -0.4 is 10.0 Å². The second kappa shape index (κ2) is 5.72. The molecule has 2 rings (SSSR count). The zero-order valence-corrected chi connectivity index (χ0v) is 12.2. The lowest BCUT2D eigenvalue weighted by Crippen LogP contribution is -2.36. The fourth-order valence-corrected chi connectivity index (χ4v) is 2.69. The van der Waals surface area contributed by atoms with E-state index in [-0.39, 0.29) is 26.3 Å². The van der Waals surface area contributed by atoms with E-state index in [0.717, 1.165) is 0 Å². The summed E-state index contributed by atoms with van der Waals surface area (Å²) in [5.41, 5.74) is 5.64. The molecule has 0 aliphatic heterocycles. The van der Waals surface area contributed by atoms with Gasteiger partial charge in [0.2, 0.25) is 0 Å². The summed E-state index contributed by atoms with van der Waals surface area (Å²) < 4.78 is 32.7. The first-order valence-corrected chi connectivity index (χ1v) is 7.50. The number of anilines is 2. The fourth-order valence-electron chi connectivity index (χ4n) is 1.72. The smallest absolute Gasteiger partial charge is 0.366 e. The number of nitrogens with two attached hydrogens (primary N) is 1. The second-order valence-electron chi connectivity index (χ2n) is 4.12. The van der Waals surface area contributed by atoms with Gasteiger partial charge < -0.3 is 5.73 Å². The predicted molar refractivity (Wildman–Crippen MR) is 80.7 cm³/mol.